The van der Waals surface area contributed by atoms with Crippen molar-refractivity contribution in [1.82, 2.24) is 14.5 Å². The number of rotatable bonds is 1. The van der Waals surface area contributed by atoms with Crippen molar-refractivity contribution in [1.29, 1.82) is 0 Å². The normalized spacial score (nSPS) is 10.0. The second-order valence-electron chi connectivity index (χ2n) is 5.12. The Morgan fingerprint density at radius 3 is 2.52 bits per heavy atom. The van der Waals surface area contributed by atoms with Crippen LogP contribution in [0.4, 0.5) is 0 Å². The minimum atomic E-state index is 0. The van der Waals surface area contributed by atoms with Gasteiger partial charge in [0.15, 0.2) is 0 Å². The van der Waals surface area contributed by atoms with Gasteiger partial charge in [0.1, 0.15) is 12.4 Å². The van der Waals surface area contributed by atoms with E-state index in [4.69, 9.17) is 0 Å². The molecule has 0 aliphatic rings. The Morgan fingerprint density at radius 2 is 1.83 bits per heavy atom. The van der Waals surface area contributed by atoms with Crippen molar-refractivity contribution in [2.45, 2.75) is 13.5 Å². The van der Waals surface area contributed by atoms with E-state index < -0.39 is 0 Å². The second kappa shape index (κ2) is 7.70. The maximum Gasteiger partial charge on any atom is 0.243 e. The van der Waals surface area contributed by atoms with E-state index in [0.29, 0.717) is 0 Å². The van der Waals surface area contributed by atoms with Gasteiger partial charge in [-0.1, -0.05) is 12.1 Å². The standard InChI is InChI=1S/C12H8N2.C6H11N2.ClH/c1-3-9-5-6-11-10(4-2-7-13-11)12(9)14-8-1;1-3-8-5-4-7(2)6-8;/h1-8H;4-6H,3H2,1-2H3;1H/q;+1;/p-1. The van der Waals surface area contributed by atoms with Crippen LogP contribution in [0.2, 0.25) is 0 Å². The smallest absolute Gasteiger partial charge is 0.243 e. The second-order valence-corrected chi connectivity index (χ2v) is 5.12. The van der Waals surface area contributed by atoms with Crippen molar-refractivity contribution in [3.8, 4) is 0 Å². The summed E-state index contributed by atoms with van der Waals surface area (Å²) in [5, 5.41) is 2.28. The summed E-state index contributed by atoms with van der Waals surface area (Å²) in [6.45, 7) is 3.18. The van der Waals surface area contributed by atoms with Gasteiger partial charge in [-0.15, -0.1) is 0 Å². The summed E-state index contributed by atoms with van der Waals surface area (Å²) in [6, 6.07) is 12.1. The van der Waals surface area contributed by atoms with Gasteiger partial charge in [0.2, 0.25) is 6.33 Å². The van der Waals surface area contributed by atoms with E-state index in [2.05, 4.69) is 52.2 Å². The van der Waals surface area contributed by atoms with Crippen LogP contribution in [0.15, 0.2) is 67.5 Å². The summed E-state index contributed by atoms with van der Waals surface area (Å²) in [7, 11) is 2.02. The Morgan fingerprint density at radius 1 is 1.04 bits per heavy atom. The molecule has 0 atom stereocenters. The summed E-state index contributed by atoms with van der Waals surface area (Å²) in [6.07, 6.45) is 9.76. The number of fused-ring (bicyclic) bond motifs is 3. The van der Waals surface area contributed by atoms with Crippen molar-refractivity contribution in [3.05, 3.63) is 67.5 Å². The third kappa shape index (κ3) is 3.85. The van der Waals surface area contributed by atoms with E-state index in [-0.39, 0.29) is 12.4 Å². The largest absolute Gasteiger partial charge is 1.00 e. The lowest BCUT2D eigenvalue weighted by atomic mass is 10.1. The minimum Gasteiger partial charge on any atom is -1.00 e. The van der Waals surface area contributed by atoms with Crippen molar-refractivity contribution < 1.29 is 17.0 Å². The maximum absolute atomic E-state index is 4.37. The molecule has 0 fully saturated rings. The van der Waals surface area contributed by atoms with Gasteiger partial charge in [-0.2, -0.15) is 0 Å². The summed E-state index contributed by atoms with van der Waals surface area (Å²) < 4.78 is 4.16. The number of aromatic nitrogens is 4. The maximum atomic E-state index is 4.37. The lowest BCUT2D eigenvalue weighted by molar-refractivity contribution is -0.693. The first-order valence-corrected chi connectivity index (χ1v) is 7.37. The molecule has 4 rings (SSSR count). The molecule has 0 radical (unpaired) electrons. The number of halogens is 1. The molecule has 0 amide bonds. The van der Waals surface area contributed by atoms with Crippen LogP contribution in [0.25, 0.3) is 21.8 Å². The van der Waals surface area contributed by atoms with E-state index >= 15 is 0 Å². The monoisotopic (exact) mass is 326 g/mol. The first-order valence-electron chi connectivity index (χ1n) is 7.37. The van der Waals surface area contributed by atoms with Crippen molar-refractivity contribution >= 4 is 21.8 Å². The molecule has 0 bridgehead atoms. The van der Waals surface area contributed by atoms with Gasteiger partial charge < -0.3 is 12.4 Å². The van der Waals surface area contributed by atoms with Crippen LogP contribution in [0, 0.1) is 0 Å². The molecular weight excluding hydrogens is 308 g/mol. The summed E-state index contributed by atoms with van der Waals surface area (Å²) in [5.74, 6) is 0. The summed E-state index contributed by atoms with van der Waals surface area (Å²) in [5.41, 5.74) is 2.02. The molecule has 5 heteroatoms. The highest BCUT2D eigenvalue weighted by Gasteiger charge is 1.99. The number of pyridine rings is 2. The predicted molar refractivity (Wildman–Crippen MR) is 88.3 cm³/mol. The lowest BCUT2D eigenvalue weighted by Crippen LogP contribution is -3.00. The van der Waals surface area contributed by atoms with E-state index in [9.17, 15) is 0 Å². The summed E-state index contributed by atoms with van der Waals surface area (Å²) >= 11 is 0. The first-order chi connectivity index (χ1) is 10.8. The Balaban J connectivity index is 0.000000185. The number of benzene rings is 1. The molecular formula is C18H19ClN4. The zero-order valence-electron chi connectivity index (χ0n) is 13.2. The van der Waals surface area contributed by atoms with Crippen LogP contribution in [0.1, 0.15) is 6.92 Å². The first kappa shape index (κ1) is 16.9. The van der Waals surface area contributed by atoms with Crippen LogP contribution >= 0.6 is 0 Å². The molecule has 4 nitrogen and oxygen atoms in total. The SMILES string of the molecule is CC[n+]1ccn(C)c1.[Cl-].c1cnc2c(c1)ccc1ncccc12. The van der Waals surface area contributed by atoms with Gasteiger partial charge in [-0.3, -0.25) is 9.97 Å². The predicted octanol–water partition coefficient (Wildman–Crippen LogP) is 0.120. The third-order valence-corrected chi connectivity index (χ3v) is 3.54. The highest BCUT2D eigenvalue weighted by atomic mass is 35.5. The van der Waals surface area contributed by atoms with Gasteiger partial charge in [0.25, 0.3) is 0 Å². The molecule has 0 saturated carbocycles. The Kier molecular flexibility index (Phi) is 5.66. The average molecular weight is 327 g/mol. The molecule has 0 unspecified atom stereocenters. The highest BCUT2D eigenvalue weighted by molar-refractivity contribution is 6.03. The molecule has 0 saturated heterocycles. The molecule has 23 heavy (non-hydrogen) atoms. The van der Waals surface area contributed by atoms with Crippen molar-refractivity contribution in [2.24, 2.45) is 7.05 Å². The van der Waals surface area contributed by atoms with E-state index in [1.165, 1.54) is 0 Å². The number of nitrogens with zero attached hydrogens (tertiary/aromatic N) is 4. The van der Waals surface area contributed by atoms with E-state index in [0.717, 1.165) is 28.4 Å². The summed E-state index contributed by atoms with van der Waals surface area (Å²) in [4.78, 5) is 8.66. The Hall–Kier alpha value is -2.46. The molecule has 3 aromatic heterocycles. The van der Waals surface area contributed by atoms with Crippen molar-refractivity contribution in [2.75, 3.05) is 0 Å². The molecule has 0 aliphatic carbocycles. The van der Waals surface area contributed by atoms with Crippen molar-refractivity contribution in [3.63, 3.8) is 0 Å². The number of aryl methyl sites for hydroxylation is 2. The number of imidazole rings is 1. The van der Waals surface area contributed by atoms with E-state index in [1.54, 1.807) is 6.20 Å². The Bertz CT molecular complexity index is 847. The van der Waals surface area contributed by atoms with Crippen LogP contribution in [-0.2, 0) is 13.6 Å². The van der Waals surface area contributed by atoms with Gasteiger partial charge in [-0.25, -0.2) is 9.13 Å². The van der Waals surface area contributed by atoms with Crippen LogP contribution < -0.4 is 17.0 Å². The van der Waals surface area contributed by atoms with Gasteiger partial charge in [0.05, 0.1) is 24.6 Å². The zero-order valence-corrected chi connectivity index (χ0v) is 14.0. The van der Waals surface area contributed by atoms with Gasteiger partial charge in [-0.05, 0) is 31.2 Å². The minimum absolute atomic E-state index is 0. The van der Waals surface area contributed by atoms with Gasteiger partial charge in [0, 0.05) is 23.2 Å². The molecule has 4 aromatic rings. The van der Waals surface area contributed by atoms with Crippen LogP contribution in [0.5, 0.6) is 0 Å². The third-order valence-electron chi connectivity index (χ3n) is 3.54. The van der Waals surface area contributed by atoms with Gasteiger partial charge >= 0.3 is 0 Å². The fraction of sp³-hybridized carbons (Fsp3) is 0.167. The fourth-order valence-corrected chi connectivity index (χ4v) is 2.39. The van der Waals surface area contributed by atoms with Crippen LogP contribution in [0.3, 0.4) is 0 Å². The molecule has 1 aromatic carbocycles. The average Bonchev–Trinajstić information content (AvgIpc) is 3.01. The number of hydrogen-bond donors (Lipinski definition) is 0. The fourth-order valence-electron chi connectivity index (χ4n) is 2.39. The molecule has 3 heterocycles. The molecule has 0 N–H and O–H groups in total. The molecule has 118 valence electrons. The van der Waals surface area contributed by atoms with E-state index in [1.807, 2.05) is 42.2 Å². The quantitative estimate of drug-likeness (QED) is 0.368. The highest BCUT2D eigenvalue weighted by Crippen LogP contribution is 2.20. The zero-order chi connectivity index (χ0) is 15.4. The lowest BCUT2D eigenvalue weighted by Gasteiger charge is -2.00. The molecule has 0 spiro atoms. The number of hydrogen-bond acceptors (Lipinski definition) is 2. The topological polar surface area (TPSA) is 34.6 Å². The molecule has 0 aliphatic heterocycles. The Labute approximate surface area is 141 Å². The van der Waals surface area contributed by atoms with Crippen LogP contribution in [-0.4, -0.2) is 14.5 Å².